The van der Waals surface area contributed by atoms with Gasteiger partial charge in [0.15, 0.2) is 11.6 Å². The van der Waals surface area contributed by atoms with Gasteiger partial charge in [0, 0.05) is 36.6 Å². The third-order valence-corrected chi connectivity index (χ3v) is 8.65. The fourth-order valence-electron chi connectivity index (χ4n) is 6.14. The predicted octanol–water partition coefficient (Wildman–Crippen LogP) is 3.51. The van der Waals surface area contributed by atoms with Crippen LogP contribution >= 0.6 is 11.6 Å². The zero-order valence-electron chi connectivity index (χ0n) is 21.2. The van der Waals surface area contributed by atoms with E-state index in [0.717, 1.165) is 12.8 Å². The van der Waals surface area contributed by atoms with Crippen molar-refractivity contribution in [3.8, 4) is 5.75 Å². The molecular weight excluding hydrogens is 517 g/mol. The first-order valence-electron chi connectivity index (χ1n) is 13.0. The normalized spacial score (nSPS) is 25.4. The van der Waals surface area contributed by atoms with Crippen LogP contribution in [0.15, 0.2) is 12.3 Å². The van der Waals surface area contributed by atoms with Crippen molar-refractivity contribution in [3.63, 3.8) is 0 Å². The van der Waals surface area contributed by atoms with Crippen molar-refractivity contribution in [1.29, 1.82) is 0 Å². The summed E-state index contributed by atoms with van der Waals surface area (Å²) in [4.78, 5) is 42.4. The summed E-state index contributed by atoms with van der Waals surface area (Å²) in [5.41, 5.74) is 0.344. The lowest BCUT2D eigenvalue weighted by Gasteiger charge is -2.45. The topological polar surface area (TPSA) is 129 Å². The van der Waals surface area contributed by atoms with Crippen molar-refractivity contribution in [3.05, 3.63) is 39.9 Å². The average molecular weight is 548 g/mol. The Labute approximate surface area is 224 Å². The number of benzene rings is 1. The molecule has 0 radical (unpaired) electrons. The molecule has 2 fully saturated rings. The highest BCUT2D eigenvalue weighted by Gasteiger charge is 2.50. The number of aromatic amines is 1. The van der Waals surface area contributed by atoms with E-state index in [4.69, 9.17) is 16.3 Å². The third-order valence-electron chi connectivity index (χ3n) is 8.31. The SMILES string of the molecule is C[C@]1(C(=O)O)CCCC[C@H]1C(=O)N1CCc2c(Cl)cc(F)c(OCc3cn[nH]n3)c2[C@H]1CN1CCCC1=O. The van der Waals surface area contributed by atoms with Crippen LogP contribution in [0.25, 0.3) is 0 Å². The van der Waals surface area contributed by atoms with Gasteiger partial charge in [0.2, 0.25) is 11.8 Å². The summed E-state index contributed by atoms with van der Waals surface area (Å²) in [6.45, 7) is 2.52. The zero-order chi connectivity index (χ0) is 27.0. The molecule has 2 amide bonds. The number of rotatable bonds is 7. The highest BCUT2D eigenvalue weighted by Crippen LogP contribution is 2.47. The summed E-state index contributed by atoms with van der Waals surface area (Å²) in [5.74, 6) is -2.78. The summed E-state index contributed by atoms with van der Waals surface area (Å²) < 4.78 is 21.3. The lowest BCUT2D eigenvalue weighted by Crippen LogP contribution is -2.52. The van der Waals surface area contributed by atoms with Gasteiger partial charge >= 0.3 is 5.97 Å². The summed E-state index contributed by atoms with van der Waals surface area (Å²) in [6.07, 6.45) is 5.28. The number of nitrogens with zero attached hydrogens (tertiary/aromatic N) is 4. The lowest BCUT2D eigenvalue weighted by atomic mass is 9.66. The Morgan fingerprint density at radius 1 is 1.29 bits per heavy atom. The third kappa shape index (κ3) is 4.72. The smallest absolute Gasteiger partial charge is 0.310 e. The molecule has 3 heterocycles. The Morgan fingerprint density at radius 3 is 2.79 bits per heavy atom. The van der Waals surface area contributed by atoms with Gasteiger partial charge in [-0.05, 0) is 44.2 Å². The van der Waals surface area contributed by atoms with Crippen LogP contribution in [0.2, 0.25) is 5.02 Å². The predicted molar refractivity (Wildman–Crippen MR) is 134 cm³/mol. The molecule has 2 aliphatic heterocycles. The maximum atomic E-state index is 15.4. The maximum Gasteiger partial charge on any atom is 0.310 e. The number of carbonyl (C=O) groups is 3. The van der Waals surface area contributed by atoms with Crippen molar-refractivity contribution >= 4 is 29.4 Å². The van der Waals surface area contributed by atoms with E-state index in [1.165, 1.54) is 12.3 Å². The minimum atomic E-state index is -1.20. The number of aliphatic carboxylic acids is 1. The van der Waals surface area contributed by atoms with Gasteiger partial charge in [-0.1, -0.05) is 24.4 Å². The largest absolute Gasteiger partial charge is 0.484 e. The molecule has 2 N–H and O–H groups in total. The standard InChI is InChI=1S/C26H31ClFN5O5/c1-26(25(36)37)8-3-2-5-17(26)24(35)33-10-7-16-18(27)11-19(28)23(38-14-15-12-29-31-30-15)22(16)20(33)13-32-9-4-6-21(32)34/h11-12,17,20H,2-10,13-14H2,1H3,(H,36,37)(H,29,30,31)/t17-,20+,26-/m0/s1. The number of H-pyrrole nitrogens is 1. The number of carboxylic acid groups (broad SMARTS) is 1. The van der Waals surface area contributed by atoms with Crippen LogP contribution in [0, 0.1) is 17.2 Å². The number of halogens is 2. The fraction of sp³-hybridized carbons (Fsp3) is 0.577. The summed E-state index contributed by atoms with van der Waals surface area (Å²) in [6, 6.07) is 0.463. The number of aromatic nitrogens is 3. The van der Waals surface area contributed by atoms with Crippen LogP contribution in [0.5, 0.6) is 5.75 Å². The lowest BCUT2D eigenvalue weighted by molar-refractivity contribution is -0.162. The first kappa shape index (κ1) is 26.4. The summed E-state index contributed by atoms with van der Waals surface area (Å²) in [7, 11) is 0. The number of carbonyl (C=O) groups excluding carboxylic acids is 2. The monoisotopic (exact) mass is 547 g/mol. The van der Waals surface area contributed by atoms with E-state index >= 15 is 4.39 Å². The number of hydrogen-bond donors (Lipinski definition) is 2. The van der Waals surface area contributed by atoms with E-state index in [2.05, 4.69) is 15.4 Å². The first-order valence-corrected chi connectivity index (χ1v) is 13.4. The molecule has 1 aliphatic carbocycles. The second-order valence-corrected chi connectivity index (χ2v) is 11.0. The van der Waals surface area contributed by atoms with E-state index in [0.29, 0.717) is 55.5 Å². The molecule has 1 aromatic heterocycles. The Kier molecular flexibility index (Phi) is 7.30. The molecule has 0 spiro atoms. The van der Waals surface area contributed by atoms with Gasteiger partial charge in [0.1, 0.15) is 12.3 Å². The molecule has 38 heavy (non-hydrogen) atoms. The molecule has 1 saturated heterocycles. The molecule has 204 valence electrons. The minimum Gasteiger partial charge on any atom is -0.484 e. The highest BCUT2D eigenvalue weighted by molar-refractivity contribution is 6.31. The molecule has 10 nitrogen and oxygen atoms in total. The van der Waals surface area contributed by atoms with Crippen LogP contribution in [-0.4, -0.2) is 67.7 Å². The van der Waals surface area contributed by atoms with Crippen LogP contribution in [0.4, 0.5) is 4.39 Å². The molecule has 0 bridgehead atoms. The fourth-order valence-corrected chi connectivity index (χ4v) is 6.43. The number of carboxylic acids is 1. The second-order valence-electron chi connectivity index (χ2n) is 10.6. The van der Waals surface area contributed by atoms with Gasteiger partial charge < -0.3 is 19.6 Å². The van der Waals surface area contributed by atoms with Crippen molar-refractivity contribution in [2.75, 3.05) is 19.6 Å². The summed E-state index contributed by atoms with van der Waals surface area (Å²) in [5, 5.41) is 20.5. The molecule has 3 aliphatic rings. The van der Waals surface area contributed by atoms with Crippen LogP contribution in [0.1, 0.15) is 68.3 Å². The molecule has 1 saturated carbocycles. The van der Waals surface area contributed by atoms with Crippen molar-refractivity contribution < 1.29 is 28.6 Å². The number of amides is 2. The number of ether oxygens (including phenoxy) is 1. The first-order chi connectivity index (χ1) is 18.2. The van der Waals surface area contributed by atoms with E-state index in [9.17, 15) is 19.5 Å². The van der Waals surface area contributed by atoms with Crippen molar-refractivity contribution in [1.82, 2.24) is 25.2 Å². The molecule has 0 unspecified atom stereocenters. The van der Waals surface area contributed by atoms with Crippen molar-refractivity contribution in [2.24, 2.45) is 11.3 Å². The maximum absolute atomic E-state index is 15.4. The number of nitrogens with one attached hydrogen (secondary N) is 1. The van der Waals surface area contributed by atoms with Gasteiger partial charge in [-0.3, -0.25) is 14.4 Å². The Morgan fingerprint density at radius 2 is 2.11 bits per heavy atom. The number of hydrogen-bond acceptors (Lipinski definition) is 6. The van der Waals surface area contributed by atoms with E-state index < -0.39 is 29.2 Å². The molecule has 2 aromatic rings. The second kappa shape index (κ2) is 10.5. The molecule has 5 rings (SSSR count). The van der Waals surface area contributed by atoms with E-state index in [-0.39, 0.29) is 42.3 Å². The van der Waals surface area contributed by atoms with Gasteiger partial charge in [-0.15, -0.1) is 0 Å². The molecular formula is C26H31ClFN5O5. The molecule has 1 aromatic carbocycles. The minimum absolute atomic E-state index is 0.0369. The number of likely N-dealkylation sites (tertiary alicyclic amines) is 1. The Bertz CT molecular complexity index is 1240. The van der Waals surface area contributed by atoms with Crippen LogP contribution < -0.4 is 4.74 Å². The summed E-state index contributed by atoms with van der Waals surface area (Å²) >= 11 is 6.51. The Balaban J connectivity index is 1.57. The van der Waals surface area contributed by atoms with Gasteiger partial charge in [0.25, 0.3) is 0 Å². The molecule has 3 atom stereocenters. The molecule has 12 heteroatoms. The quantitative estimate of drug-likeness (QED) is 0.542. The average Bonchev–Trinajstić information content (AvgIpc) is 3.55. The number of fused-ring (bicyclic) bond motifs is 1. The van der Waals surface area contributed by atoms with Gasteiger partial charge in [-0.25, -0.2) is 4.39 Å². The Hall–Kier alpha value is -3.21. The van der Waals surface area contributed by atoms with Gasteiger partial charge in [-0.2, -0.15) is 15.4 Å². The van der Waals surface area contributed by atoms with E-state index in [1.807, 2.05) is 0 Å². The van der Waals surface area contributed by atoms with Gasteiger partial charge in [0.05, 0.1) is 23.6 Å². The van der Waals surface area contributed by atoms with E-state index in [1.54, 1.807) is 16.7 Å². The van der Waals surface area contributed by atoms with Crippen LogP contribution in [0.3, 0.4) is 0 Å². The van der Waals surface area contributed by atoms with Crippen LogP contribution in [-0.2, 0) is 27.4 Å². The zero-order valence-corrected chi connectivity index (χ0v) is 22.0. The highest BCUT2D eigenvalue weighted by atomic mass is 35.5. The van der Waals surface area contributed by atoms with Crippen molar-refractivity contribution in [2.45, 2.75) is 64.5 Å².